The second-order valence-corrected chi connectivity index (χ2v) is 7.93. The zero-order chi connectivity index (χ0) is 17.2. The van der Waals surface area contributed by atoms with Crippen LogP contribution in [0.1, 0.15) is 12.7 Å². The molecular weight excluding hydrogens is 322 g/mol. The number of benzene rings is 2. The van der Waals surface area contributed by atoms with Crippen LogP contribution in [0.25, 0.3) is 11.0 Å². The van der Waals surface area contributed by atoms with Crippen LogP contribution in [0, 0.1) is 6.92 Å². The molecule has 0 amide bonds. The summed E-state index contributed by atoms with van der Waals surface area (Å²) in [4.78, 5) is 4.92. The summed E-state index contributed by atoms with van der Waals surface area (Å²) in [6.45, 7) is 5.19. The van der Waals surface area contributed by atoms with Gasteiger partial charge in [-0.25, -0.2) is 13.4 Å². The van der Waals surface area contributed by atoms with Gasteiger partial charge in [0.25, 0.3) is 0 Å². The van der Waals surface area contributed by atoms with Crippen molar-refractivity contribution < 1.29 is 8.42 Å². The van der Waals surface area contributed by atoms with Crippen LogP contribution < -0.4 is 5.32 Å². The number of sulfone groups is 1. The Balaban J connectivity index is 1.67. The van der Waals surface area contributed by atoms with Crippen molar-refractivity contribution in [3.63, 3.8) is 0 Å². The first kappa shape index (κ1) is 16.5. The molecule has 0 saturated carbocycles. The van der Waals surface area contributed by atoms with Crippen LogP contribution in [0.5, 0.6) is 0 Å². The van der Waals surface area contributed by atoms with Gasteiger partial charge in [-0.05, 0) is 43.3 Å². The van der Waals surface area contributed by atoms with E-state index in [-0.39, 0.29) is 5.75 Å². The first-order valence-electron chi connectivity index (χ1n) is 8.00. The highest BCUT2D eigenvalue weighted by Gasteiger charge is 2.10. The summed E-state index contributed by atoms with van der Waals surface area (Å²) in [7, 11) is -3.14. The third-order valence-electron chi connectivity index (χ3n) is 4.10. The van der Waals surface area contributed by atoms with Crippen LogP contribution in [0.4, 0.5) is 5.69 Å². The van der Waals surface area contributed by atoms with Gasteiger partial charge in [0.2, 0.25) is 0 Å². The van der Waals surface area contributed by atoms with Crippen LogP contribution in [0.15, 0.2) is 53.4 Å². The summed E-state index contributed by atoms with van der Waals surface area (Å²) in [5.74, 6) is 1.11. The van der Waals surface area contributed by atoms with Crippen molar-refractivity contribution in [1.82, 2.24) is 9.55 Å². The number of nitrogens with one attached hydrogen (secondary N) is 1. The van der Waals surface area contributed by atoms with E-state index in [1.165, 1.54) is 0 Å². The lowest BCUT2D eigenvalue weighted by atomic mass is 10.3. The number of rotatable bonds is 6. The Morgan fingerprint density at radius 2 is 1.79 bits per heavy atom. The third-order valence-corrected chi connectivity index (χ3v) is 5.85. The predicted octanol–water partition coefficient (Wildman–Crippen LogP) is 3.25. The van der Waals surface area contributed by atoms with Crippen molar-refractivity contribution in [2.45, 2.75) is 25.3 Å². The van der Waals surface area contributed by atoms with E-state index in [1.54, 1.807) is 31.2 Å². The van der Waals surface area contributed by atoms with Gasteiger partial charge in [-0.15, -0.1) is 0 Å². The number of hydrogen-bond donors (Lipinski definition) is 1. The average Bonchev–Trinajstić information content (AvgIpc) is 2.91. The summed E-state index contributed by atoms with van der Waals surface area (Å²) in [5.41, 5.74) is 3.04. The maximum absolute atomic E-state index is 11.8. The molecule has 0 aliphatic heterocycles. The topological polar surface area (TPSA) is 64.0 Å². The number of aryl methyl sites for hydroxylation is 1. The molecule has 5 nitrogen and oxygen atoms in total. The normalized spacial score (nSPS) is 11.8. The Kier molecular flexibility index (Phi) is 4.57. The molecule has 0 saturated heterocycles. The van der Waals surface area contributed by atoms with Crippen LogP contribution in [0.3, 0.4) is 0 Å². The fourth-order valence-electron chi connectivity index (χ4n) is 2.74. The summed E-state index contributed by atoms with van der Waals surface area (Å²) in [6.07, 6.45) is 0. The van der Waals surface area contributed by atoms with Gasteiger partial charge in [-0.1, -0.05) is 19.1 Å². The van der Waals surface area contributed by atoms with Crippen LogP contribution in [-0.2, 0) is 16.4 Å². The first-order valence-corrected chi connectivity index (χ1v) is 9.65. The molecule has 0 fully saturated rings. The summed E-state index contributed by atoms with van der Waals surface area (Å²) in [6, 6.07) is 15.0. The van der Waals surface area contributed by atoms with Gasteiger partial charge in [0, 0.05) is 18.8 Å². The van der Waals surface area contributed by atoms with E-state index in [1.807, 2.05) is 25.1 Å². The van der Waals surface area contributed by atoms with Gasteiger partial charge >= 0.3 is 0 Å². The second-order valence-electron chi connectivity index (χ2n) is 5.65. The minimum atomic E-state index is -3.14. The van der Waals surface area contributed by atoms with Crippen LogP contribution >= 0.6 is 0 Å². The lowest BCUT2D eigenvalue weighted by Crippen LogP contribution is -2.11. The monoisotopic (exact) mass is 343 g/mol. The average molecular weight is 343 g/mol. The Bertz CT molecular complexity index is 944. The van der Waals surface area contributed by atoms with Crippen molar-refractivity contribution in [2.75, 3.05) is 17.6 Å². The fourth-order valence-corrected chi connectivity index (χ4v) is 3.62. The molecule has 2 aromatic carbocycles. The molecule has 0 unspecified atom stereocenters. The highest BCUT2D eigenvalue weighted by Crippen LogP contribution is 2.17. The second kappa shape index (κ2) is 6.65. The minimum Gasteiger partial charge on any atom is -0.383 e. The first-order chi connectivity index (χ1) is 11.5. The third kappa shape index (κ3) is 3.28. The lowest BCUT2D eigenvalue weighted by Gasteiger charge is -2.10. The smallest absolute Gasteiger partial charge is 0.178 e. The van der Waals surface area contributed by atoms with E-state index in [0.717, 1.165) is 35.6 Å². The Hall–Kier alpha value is -2.34. The Morgan fingerprint density at radius 1 is 1.08 bits per heavy atom. The van der Waals surface area contributed by atoms with Crippen molar-refractivity contribution >= 4 is 26.6 Å². The molecule has 24 heavy (non-hydrogen) atoms. The van der Waals surface area contributed by atoms with E-state index in [2.05, 4.69) is 20.9 Å². The van der Waals surface area contributed by atoms with E-state index in [4.69, 9.17) is 0 Å². The van der Waals surface area contributed by atoms with Crippen molar-refractivity contribution in [1.29, 1.82) is 0 Å². The maximum Gasteiger partial charge on any atom is 0.178 e. The molecular formula is C18H21N3O2S. The molecule has 0 aliphatic carbocycles. The van der Waals surface area contributed by atoms with Gasteiger partial charge in [0.1, 0.15) is 5.82 Å². The van der Waals surface area contributed by atoms with Crippen molar-refractivity contribution in [2.24, 2.45) is 0 Å². The molecule has 0 atom stereocenters. The molecule has 1 heterocycles. The molecule has 0 bridgehead atoms. The van der Waals surface area contributed by atoms with E-state index < -0.39 is 9.84 Å². The van der Waals surface area contributed by atoms with E-state index in [0.29, 0.717) is 4.90 Å². The Morgan fingerprint density at radius 3 is 2.50 bits per heavy atom. The number of imidazole rings is 1. The Labute approximate surface area is 142 Å². The van der Waals surface area contributed by atoms with Crippen molar-refractivity contribution in [3.05, 3.63) is 54.4 Å². The van der Waals surface area contributed by atoms with Crippen molar-refractivity contribution in [3.8, 4) is 0 Å². The van der Waals surface area contributed by atoms with Gasteiger partial charge in [-0.3, -0.25) is 0 Å². The van der Waals surface area contributed by atoms with Gasteiger partial charge in [0.05, 0.1) is 21.7 Å². The number of fused-ring (bicyclic) bond motifs is 1. The number of anilines is 1. The molecule has 1 N–H and O–H groups in total. The van der Waals surface area contributed by atoms with E-state index in [9.17, 15) is 8.42 Å². The zero-order valence-corrected chi connectivity index (χ0v) is 14.7. The number of nitrogens with zero attached hydrogens (tertiary/aromatic N) is 2. The molecule has 126 valence electrons. The van der Waals surface area contributed by atoms with E-state index >= 15 is 0 Å². The predicted molar refractivity (Wildman–Crippen MR) is 97.1 cm³/mol. The molecule has 6 heteroatoms. The number of para-hydroxylation sites is 2. The minimum absolute atomic E-state index is 0.118. The SMILES string of the molecule is CCS(=O)(=O)c1ccc(NCCn2c(C)nc3ccccc32)cc1. The number of aromatic nitrogens is 2. The molecule has 3 rings (SSSR count). The van der Waals surface area contributed by atoms with Gasteiger partial charge in [0.15, 0.2) is 9.84 Å². The highest BCUT2D eigenvalue weighted by atomic mass is 32.2. The molecule has 0 aliphatic rings. The zero-order valence-electron chi connectivity index (χ0n) is 13.9. The summed E-state index contributed by atoms with van der Waals surface area (Å²) in [5, 5.41) is 3.33. The van der Waals surface area contributed by atoms with Crippen LogP contribution in [0.2, 0.25) is 0 Å². The highest BCUT2D eigenvalue weighted by molar-refractivity contribution is 7.91. The molecule has 3 aromatic rings. The quantitative estimate of drug-likeness (QED) is 0.746. The lowest BCUT2D eigenvalue weighted by molar-refractivity contribution is 0.597. The van der Waals surface area contributed by atoms with Crippen LogP contribution in [-0.4, -0.2) is 30.3 Å². The molecule has 1 aromatic heterocycles. The van der Waals surface area contributed by atoms with Gasteiger partial charge in [-0.2, -0.15) is 0 Å². The standard InChI is InChI=1S/C18H21N3O2S/c1-3-24(22,23)16-10-8-15(9-11-16)19-12-13-21-14(2)20-17-6-4-5-7-18(17)21/h4-11,19H,3,12-13H2,1-2H3. The summed E-state index contributed by atoms with van der Waals surface area (Å²) < 4.78 is 25.8. The maximum atomic E-state index is 11.8. The molecule has 0 radical (unpaired) electrons. The summed E-state index contributed by atoms with van der Waals surface area (Å²) >= 11 is 0. The number of hydrogen-bond acceptors (Lipinski definition) is 4. The van der Waals surface area contributed by atoms with Gasteiger partial charge < -0.3 is 9.88 Å². The molecule has 0 spiro atoms. The fraction of sp³-hybridized carbons (Fsp3) is 0.278. The largest absolute Gasteiger partial charge is 0.383 e.